The molecule has 2 aromatic carbocycles. The number of hydrogen-bond donors (Lipinski definition) is 1. The molecule has 192 valence electrons. The molecule has 1 N–H and O–H groups in total. The van der Waals surface area contributed by atoms with E-state index in [9.17, 15) is 9.90 Å². The Labute approximate surface area is 213 Å². The van der Waals surface area contributed by atoms with Crippen LogP contribution in [0.2, 0.25) is 0 Å². The quantitative estimate of drug-likeness (QED) is 0.431. The molecule has 0 aliphatic carbocycles. The van der Waals surface area contributed by atoms with E-state index in [0.717, 1.165) is 40.6 Å². The van der Waals surface area contributed by atoms with E-state index in [1.54, 1.807) is 18.7 Å². The number of amides is 1. The minimum absolute atomic E-state index is 0.0825. The predicted octanol–water partition coefficient (Wildman–Crippen LogP) is 5.40. The minimum Gasteiger partial charge on any atom is -0.488 e. The smallest absolute Gasteiger partial charge is 0.410 e. The lowest BCUT2D eigenvalue weighted by Crippen LogP contribution is -2.41. The van der Waals surface area contributed by atoms with E-state index in [2.05, 4.69) is 0 Å². The van der Waals surface area contributed by atoms with E-state index in [-0.39, 0.29) is 18.8 Å². The van der Waals surface area contributed by atoms with Crippen molar-refractivity contribution in [1.82, 2.24) is 9.88 Å². The second-order valence-electron chi connectivity index (χ2n) is 9.98. The van der Waals surface area contributed by atoms with Crippen molar-refractivity contribution in [3.8, 4) is 5.75 Å². The first-order valence-corrected chi connectivity index (χ1v) is 12.6. The summed E-state index contributed by atoms with van der Waals surface area (Å²) in [4.78, 5) is 19.2. The lowest BCUT2D eigenvalue weighted by molar-refractivity contribution is -0.0240. The van der Waals surface area contributed by atoms with Crippen LogP contribution >= 0.6 is 0 Å². The molecule has 0 spiro atoms. The maximum atomic E-state index is 12.8. The fourth-order valence-electron chi connectivity index (χ4n) is 4.28. The van der Waals surface area contributed by atoms with Gasteiger partial charge in [-0.1, -0.05) is 42.5 Å². The van der Waals surface area contributed by atoms with Crippen LogP contribution in [0.4, 0.5) is 4.79 Å². The summed E-state index contributed by atoms with van der Waals surface area (Å²) in [6.07, 6.45) is 1.86. The molecule has 0 saturated carbocycles. The van der Waals surface area contributed by atoms with Crippen molar-refractivity contribution in [2.75, 3.05) is 19.7 Å². The first kappa shape index (κ1) is 25.9. The third-order valence-electron chi connectivity index (χ3n) is 6.50. The Kier molecular flexibility index (Phi) is 8.44. The molecule has 36 heavy (non-hydrogen) atoms. The first-order valence-electron chi connectivity index (χ1n) is 12.6. The number of nitrogens with zero attached hydrogens (tertiary/aromatic N) is 2. The maximum Gasteiger partial charge on any atom is 0.410 e. The molecule has 1 saturated heterocycles. The number of para-hydroxylation sites is 1. The zero-order valence-corrected chi connectivity index (χ0v) is 21.4. The fourth-order valence-corrected chi connectivity index (χ4v) is 4.28. The molecule has 2 heterocycles. The van der Waals surface area contributed by atoms with Crippen LogP contribution in [0.1, 0.15) is 49.9 Å². The SMILES string of the molecule is Cc1c(COC(=O)N2CCC(OCCC(C)(C)O)CC2)nc2ccccc2c1OCc1ccccc1. The summed E-state index contributed by atoms with van der Waals surface area (Å²) in [5, 5.41) is 10.8. The van der Waals surface area contributed by atoms with Gasteiger partial charge in [0, 0.05) is 30.6 Å². The van der Waals surface area contributed by atoms with Crippen LogP contribution in [0.25, 0.3) is 10.9 Å². The van der Waals surface area contributed by atoms with Gasteiger partial charge in [-0.2, -0.15) is 0 Å². The topological polar surface area (TPSA) is 81.1 Å². The number of fused-ring (bicyclic) bond motifs is 1. The Bertz CT molecular complexity index is 1150. The van der Waals surface area contributed by atoms with Crippen LogP contribution in [0.5, 0.6) is 5.75 Å². The van der Waals surface area contributed by atoms with Gasteiger partial charge in [-0.15, -0.1) is 0 Å². The Balaban J connectivity index is 1.36. The van der Waals surface area contributed by atoms with Crippen molar-refractivity contribution in [3.05, 3.63) is 71.4 Å². The Morgan fingerprint density at radius 3 is 2.47 bits per heavy atom. The summed E-state index contributed by atoms with van der Waals surface area (Å²) in [6.45, 7) is 7.72. The second kappa shape index (κ2) is 11.7. The molecule has 0 radical (unpaired) electrons. The molecule has 7 nitrogen and oxygen atoms in total. The zero-order chi connectivity index (χ0) is 25.5. The molecule has 4 rings (SSSR count). The number of rotatable bonds is 9. The largest absolute Gasteiger partial charge is 0.488 e. The average molecular weight is 493 g/mol. The highest BCUT2D eigenvalue weighted by atomic mass is 16.6. The Morgan fingerprint density at radius 2 is 1.75 bits per heavy atom. The number of carbonyl (C=O) groups is 1. The highest BCUT2D eigenvalue weighted by Gasteiger charge is 2.25. The van der Waals surface area contributed by atoms with Crippen LogP contribution in [-0.4, -0.2) is 52.5 Å². The van der Waals surface area contributed by atoms with Gasteiger partial charge in [0.05, 0.1) is 22.9 Å². The van der Waals surface area contributed by atoms with Crippen molar-refractivity contribution >= 4 is 17.0 Å². The highest BCUT2D eigenvalue weighted by molar-refractivity contribution is 5.86. The van der Waals surface area contributed by atoms with Gasteiger partial charge in [-0.25, -0.2) is 9.78 Å². The van der Waals surface area contributed by atoms with E-state index in [1.807, 2.05) is 61.5 Å². The molecule has 1 amide bonds. The lowest BCUT2D eigenvalue weighted by Gasteiger charge is -2.31. The van der Waals surface area contributed by atoms with E-state index in [4.69, 9.17) is 19.2 Å². The van der Waals surface area contributed by atoms with Crippen molar-refractivity contribution in [3.63, 3.8) is 0 Å². The van der Waals surface area contributed by atoms with E-state index in [1.165, 1.54) is 0 Å². The van der Waals surface area contributed by atoms with E-state index < -0.39 is 5.60 Å². The molecule has 7 heteroatoms. The Hall–Kier alpha value is -3.16. The molecule has 1 fully saturated rings. The summed E-state index contributed by atoms with van der Waals surface area (Å²) in [7, 11) is 0. The Morgan fingerprint density at radius 1 is 1.06 bits per heavy atom. The summed E-state index contributed by atoms with van der Waals surface area (Å²) in [5.41, 5.74) is 2.72. The summed E-state index contributed by atoms with van der Waals surface area (Å²) < 4.78 is 17.8. The lowest BCUT2D eigenvalue weighted by atomic mass is 10.1. The van der Waals surface area contributed by atoms with Gasteiger partial charge in [-0.3, -0.25) is 0 Å². The van der Waals surface area contributed by atoms with Crippen LogP contribution in [0, 0.1) is 6.92 Å². The van der Waals surface area contributed by atoms with Crippen LogP contribution < -0.4 is 4.74 Å². The third kappa shape index (κ3) is 6.95. The first-order chi connectivity index (χ1) is 17.3. The van der Waals surface area contributed by atoms with Gasteiger partial charge in [0.2, 0.25) is 0 Å². The number of ether oxygens (including phenoxy) is 3. The molecule has 1 aliphatic heterocycles. The zero-order valence-electron chi connectivity index (χ0n) is 21.4. The second-order valence-corrected chi connectivity index (χ2v) is 9.98. The predicted molar refractivity (Wildman–Crippen MR) is 139 cm³/mol. The number of pyridine rings is 1. The molecule has 0 bridgehead atoms. The third-order valence-corrected chi connectivity index (χ3v) is 6.50. The molecule has 1 aromatic heterocycles. The van der Waals surface area contributed by atoms with Gasteiger partial charge in [0.15, 0.2) is 0 Å². The molecular formula is C29H36N2O5. The average Bonchev–Trinajstić information content (AvgIpc) is 2.87. The van der Waals surface area contributed by atoms with Gasteiger partial charge in [0.25, 0.3) is 0 Å². The molecule has 0 unspecified atom stereocenters. The summed E-state index contributed by atoms with van der Waals surface area (Å²) in [6, 6.07) is 17.9. The molecule has 3 aromatic rings. The highest BCUT2D eigenvalue weighted by Crippen LogP contribution is 2.31. The van der Waals surface area contributed by atoms with Crippen molar-refractivity contribution in [1.29, 1.82) is 0 Å². The number of aliphatic hydroxyl groups is 1. The van der Waals surface area contributed by atoms with Crippen LogP contribution in [0.3, 0.4) is 0 Å². The minimum atomic E-state index is -0.730. The van der Waals surface area contributed by atoms with Crippen molar-refractivity contribution in [2.24, 2.45) is 0 Å². The number of piperidine rings is 1. The standard InChI is InChI=1S/C29H36N2O5/c1-21-26(20-36-28(32)31-16-13-23(14-17-31)34-18-15-29(2,3)33)30-25-12-8-7-11-24(25)27(21)35-19-22-9-5-4-6-10-22/h4-12,23,33H,13-20H2,1-3H3. The van der Waals surface area contributed by atoms with E-state index in [0.29, 0.717) is 38.4 Å². The van der Waals surface area contributed by atoms with Gasteiger partial charge >= 0.3 is 6.09 Å². The maximum absolute atomic E-state index is 12.8. The van der Waals surface area contributed by atoms with Crippen molar-refractivity contribution in [2.45, 2.75) is 65.0 Å². The number of benzene rings is 2. The molecular weight excluding hydrogens is 456 g/mol. The molecule has 1 aliphatic rings. The van der Waals surface area contributed by atoms with E-state index >= 15 is 0 Å². The fraction of sp³-hybridized carbons (Fsp3) is 0.448. The normalized spacial score (nSPS) is 14.7. The van der Waals surface area contributed by atoms with Crippen LogP contribution in [-0.2, 0) is 22.7 Å². The van der Waals surface area contributed by atoms with Crippen molar-refractivity contribution < 1.29 is 24.1 Å². The van der Waals surface area contributed by atoms with Gasteiger partial charge < -0.3 is 24.2 Å². The number of aromatic nitrogens is 1. The number of carbonyl (C=O) groups excluding carboxylic acids is 1. The van der Waals surface area contributed by atoms with Gasteiger partial charge in [0.1, 0.15) is 19.0 Å². The summed E-state index contributed by atoms with van der Waals surface area (Å²) >= 11 is 0. The monoisotopic (exact) mass is 492 g/mol. The number of likely N-dealkylation sites (tertiary alicyclic amines) is 1. The molecule has 0 atom stereocenters. The number of hydrogen-bond acceptors (Lipinski definition) is 6. The summed E-state index contributed by atoms with van der Waals surface area (Å²) in [5.74, 6) is 0.763. The van der Waals surface area contributed by atoms with Gasteiger partial charge in [-0.05, 0) is 57.7 Å². The van der Waals surface area contributed by atoms with Crippen LogP contribution in [0.15, 0.2) is 54.6 Å².